The molecule has 4 amide bonds. The van der Waals surface area contributed by atoms with Crippen molar-refractivity contribution in [3.05, 3.63) is 47.3 Å². The van der Waals surface area contributed by atoms with Gasteiger partial charge in [-0.1, -0.05) is 18.6 Å². The number of fused-ring (bicyclic) bond motifs is 1. The van der Waals surface area contributed by atoms with Crippen molar-refractivity contribution in [2.45, 2.75) is 97.1 Å². The van der Waals surface area contributed by atoms with Crippen LogP contribution in [0.15, 0.2) is 30.5 Å². The summed E-state index contributed by atoms with van der Waals surface area (Å²) in [5.74, 6) is 0.128. The molecule has 1 aromatic carbocycles. The Morgan fingerprint density at radius 3 is 2.40 bits per heavy atom. The molecule has 4 rings (SSSR count). The predicted molar refractivity (Wildman–Crippen MR) is 192 cm³/mol. The minimum atomic E-state index is -0.687. The fraction of sp³-hybridized carbons (Fsp3) is 0.658. The van der Waals surface area contributed by atoms with Crippen LogP contribution in [0.4, 0.5) is 4.79 Å². The number of hydrogen-bond donors (Lipinski definition) is 0. The number of likely N-dealkylation sites (N-methyl/N-ethyl adjacent to an activating group) is 2. The molecule has 0 aliphatic carbocycles. The minimum Gasteiger partial charge on any atom is -0.492 e. The number of likely N-dealkylation sites (tertiary alicyclic amines) is 1. The molecule has 1 saturated heterocycles. The first kappa shape index (κ1) is 38.7. The van der Waals surface area contributed by atoms with E-state index in [0.29, 0.717) is 69.8 Å². The van der Waals surface area contributed by atoms with Gasteiger partial charge in [0.1, 0.15) is 17.4 Å². The first-order chi connectivity index (χ1) is 23.6. The van der Waals surface area contributed by atoms with Gasteiger partial charge in [0.05, 0.1) is 18.4 Å². The first-order valence-electron chi connectivity index (χ1n) is 18.0. The average Bonchev–Trinajstić information content (AvgIpc) is 3.40. The molecule has 1 aromatic heterocycles. The summed E-state index contributed by atoms with van der Waals surface area (Å²) in [5, 5.41) is 4.27. The SMILES string of the molecule is Cc1c(CCC(=O)N(C)CCC[C@H]2C(=O)N(C)CCCCC3(CCN(C(=O)OC(C)(C)C)CC3)COc3ccccc3C(=O)N2C)cnn1C. The highest BCUT2D eigenvalue weighted by molar-refractivity contribution is 5.99. The summed E-state index contributed by atoms with van der Waals surface area (Å²) in [6.45, 7) is 10.2. The molecule has 1 atom stereocenters. The van der Waals surface area contributed by atoms with Crippen molar-refractivity contribution in [2.24, 2.45) is 12.5 Å². The largest absolute Gasteiger partial charge is 0.492 e. The maximum Gasteiger partial charge on any atom is 0.410 e. The molecule has 12 nitrogen and oxygen atoms in total. The minimum absolute atomic E-state index is 0.0338. The molecule has 1 spiro atoms. The number of rotatable bonds is 7. The number of piperidine rings is 1. The molecule has 12 heteroatoms. The molecular weight excluding hydrogens is 636 g/mol. The smallest absolute Gasteiger partial charge is 0.410 e. The van der Waals surface area contributed by atoms with Gasteiger partial charge in [0.15, 0.2) is 0 Å². The average molecular weight is 695 g/mol. The normalized spacial score (nSPS) is 19.1. The second kappa shape index (κ2) is 16.7. The van der Waals surface area contributed by atoms with E-state index in [1.165, 1.54) is 4.90 Å². The number of nitrogens with zero attached hydrogens (tertiary/aromatic N) is 6. The van der Waals surface area contributed by atoms with E-state index in [0.717, 1.165) is 43.4 Å². The van der Waals surface area contributed by atoms with Gasteiger partial charge in [0, 0.05) is 71.9 Å². The van der Waals surface area contributed by atoms with Crippen molar-refractivity contribution < 1.29 is 28.7 Å². The van der Waals surface area contributed by atoms with E-state index in [2.05, 4.69) is 5.10 Å². The Morgan fingerprint density at radius 1 is 1.04 bits per heavy atom. The molecule has 0 unspecified atom stereocenters. The molecule has 3 heterocycles. The van der Waals surface area contributed by atoms with Crippen molar-refractivity contribution in [1.29, 1.82) is 0 Å². The van der Waals surface area contributed by atoms with Crippen LogP contribution in [0.2, 0.25) is 0 Å². The summed E-state index contributed by atoms with van der Waals surface area (Å²) in [7, 11) is 7.17. The molecule has 0 radical (unpaired) electrons. The summed E-state index contributed by atoms with van der Waals surface area (Å²) in [4.78, 5) is 60.5. The van der Waals surface area contributed by atoms with E-state index < -0.39 is 11.6 Å². The molecule has 2 aromatic rings. The highest BCUT2D eigenvalue weighted by atomic mass is 16.6. The highest BCUT2D eigenvalue weighted by Gasteiger charge is 2.39. The standard InChI is InChI=1S/C38H58N6O6/c1-28-29(26-39-43(28)8)17-18-33(45)40(5)23-13-15-31-35(47)41(6)22-12-11-19-38(20-24-44(25-21-38)36(48)50-37(2,3)4)27-49-32-16-10-9-14-30(32)34(46)42(31)7/h9-10,14,16,26,31H,11-13,15,17-25,27H2,1-8H3/t31-/m0/s1. The van der Waals surface area contributed by atoms with Gasteiger partial charge < -0.3 is 29.1 Å². The first-order valence-corrected chi connectivity index (χ1v) is 18.0. The number of amides is 4. The van der Waals surface area contributed by atoms with E-state index in [4.69, 9.17) is 9.47 Å². The predicted octanol–water partition coefficient (Wildman–Crippen LogP) is 5.08. The zero-order valence-electron chi connectivity index (χ0n) is 31.5. The Labute approximate surface area is 298 Å². The van der Waals surface area contributed by atoms with Crippen molar-refractivity contribution >= 4 is 23.8 Å². The third kappa shape index (κ3) is 10.0. The van der Waals surface area contributed by atoms with Crippen molar-refractivity contribution in [3.63, 3.8) is 0 Å². The van der Waals surface area contributed by atoms with E-state index in [1.807, 2.05) is 70.9 Å². The van der Waals surface area contributed by atoms with Gasteiger partial charge in [-0.3, -0.25) is 19.1 Å². The lowest BCUT2D eigenvalue weighted by atomic mass is 9.75. The number of para-hydroxylation sites is 1. The van der Waals surface area contributed by atoms with Crippen LogP contribution in [0.5, 0.6) is 5.75 Å². The van der Waals surface area contributed by atoms with Crippen LogP contribution < -0.4 is 4.74 Å². The van der Waals surface area contributed by atoms with Crippen molar-refractivity contribution in [3.8, 4) is 5.75 Å². The van der Waals surface area contributed by atoms with Gasteiger partial charge in [0.2, 0.25) is 11.8 Å². The topological polar surface area (TPSA) is 118 Å². The molecule has 0 saturated carbocycles. The van der Waals surface area contributed by atoms with Gasteiger partial charge in [0.25, 0.3) is 5.91 Å². The molecule has 276 valence electrons. The lowest BCUT2D eigenvalue weighted by molar-refractivity contribution is -0.134. The Bertz CT molecular complexity index is 1490. The molecule has 0 bridgehead atoms. The summed E-state index contributed by atoms with van der Waals surface area (Å²) in [6, 6.07) is 6.54. The number of carbonyl (C=O) groups is 4. The maximum atomic E-state index is 14.1. The third-order valence-electron chi connectivity index (χ3n) is 10.4. The lowest BCUT2D eigenvalue weighted by Gasteiger charge is -2.42. The number of hydrogen-bond acceptors (Lipinski definition) is 7. The summed E-state index contributed by atoms with van der Waals surface area (Å²) >= 11 is 0. The van der Waals surface area contributed by atoms with E-state index >= 15 is 0 Å². The second-order valence-corrected chi connectivity index (χ2v) is 15.2. The van der Waals surface area contributed by atoms with Crippen LogP contribution in [0.3, 0.4) is 0 Å². The van der Waals surface area contributed by atoms with Crippen molar-refractivity contribution in [1.82, 2.24) is 29.4 Å². The molecule has 1 fully saturated rings. The van der Waals surface area contributed by atoms with Gasteiger partial charge in [-0.15, -0.1) is 0 Å². The van der Waals surface area contributed by atoms with Crippen LogP contribution >= 0.6 is 0 Å². The fourth-order valence-corrected chi connectivity index (χ4v) is 6.85. The maximum absolute atomic E-state index is 14.1. The molecular formula is C38H58N6O6. The van der Waals surface area contributed by atoms with E-state index in [1.54, 1.807) is 34.9 Å². The van der Waals surface area contributed by atoms with Crippen LogP contribution in [0, 0.1) is 12.3 Å². The summed E-state index contributed by atoms with van der Waals surface area (Å²) < 4.78 is 13.9. The number of ether oxygens (including phenoxy) is 2. The van der Waals surface area contributed by atoms with Gasteiger partial charge in [-0.2, -0.15) is 5.10 Å². The fourth-order valence-electron chi connectivity index (χ4n) is 6.85. The van der Waals surface area contributed by atoms with Gasteiger partial charge in [-0.05, 0) is 90.3 Å². The summed E-state index contributed by atoms with van der Waals surface area (Å²) in [6.07, 6.45) is 7.64. The Hall–Kier alpha value is -4.09. The van der Waals surface area contributed by atoms with Crippen LogP contribution in [-0.2, 0) is 27.8 Å². The number of aryl methyl sites for hydroxylation is 2. The van der Waals surface area contributed by atoms with Crippen molar-refractivity contribution in [2.75, 3.05) is 53.9 Å². The zero-order chi connectivity index (χ0) is 36.6. The summed E-state index contributed by atoms with van der Waals surface area (Å²) in [5.41, 5.74) is 1.80. The molecule has 0 N–H and O–H groups in total. The zero-order valence-corrected chi connectivity index (χ0v) is 31.5. The third-order valence-corrected chi connectivity index (χ3v) is 10.4. The lowest BCUT2D eigenvalue weighted by Crippen LogP contribution is -2.49. The van der Waals surface area contributed by atoms with Gasteiger partial charge >= 0.3 is 6.09 Å². The molecule has 2 aliphatic rings. The number of aromatic nitrogens is 2. The van der Waals surface area contributed by atoms with E-state index in [-0.39, 0.29) is 29.2 Å². The number of benzene rings is 1. The van der Waals surface area contributed by atoms with E-state index in [9.17, 15) is 19.2 Å². The monoisotopic (exact) mass is 694 g/mol. The van der Waals surface area contributed by atoms with Crippen LogP contribution in [0.1, 0.15) is 93.8 Å². The molecule has 2 aliphatic heterocycles. The second-order valence-electron chi connectivity index (χ2n) is 15.2. The van der Waals surface area contributed by atoms with Crippen LogP contribution in [-0.4, -0.2) is 119 Å². The quantitative estimate of drug-likeness (QED) is 0.397. The Kier molecular flexibility index (Phi) is 13.0. The van der Waals surface area contributed by atoms with Crippen LogP contribution in [0.25, 0.3) is 0 Å². The Balaban J connectivity index is 1.44. The molecule has 50 heavy (non-hydrogen) atoms. The van der Waals surface area contributed by atoms with Gasteiger partial charge in [-0.25, -0.2) is 4.79 Å². The highest BCUT2D eigenvalue weighted by Crippen LogP contribution is 2.38. The Morgan fingerprint density at radius 2 is 1.74 bits per heavy atom. The number of carbonyl (C=O) groups excluding carboxylic acids is 4.